The molecule has 0 aromatic rings. The first kappa shape index (κ1) is 17.7. The molecule has 2 atom stereocenters. The summed E-state index contributed by atoms with van der Waals surface area (Å²) < 4.78 is 5.03. The van der Waals surface area contributed by atoms with Gasteiger partial charge >= 0.3 is 5.97 Å². The SMILES string of the molecule is CCOC(=O)C(C(=O)NCC1CSCCS1)C(C)(C)C. The molecule has 0 radical (unpaired) electrons. The molecule has 0 aliphatic carbocycles. The van der Waals surface area contributed by atoms with Crippen molar-refractivity contribution in [3.05, 3.63) is 0 Å². The van der Waals surface area contributed by atoms with Crippen molar-refractivity contribution in [2.75, 3.05) is 30.4 Å². The summed E-state index contributed by atoms with van der Waals surface area (Å²) >= 11 is 3.81. The molecule has 1 amide bonds. The van der Waals surface area contributed by atoms with Gasteiger partial charge in [-0.3, -0.25) is 9.59 Å². The summed E-state index contributed by atoms with van der Waals surface area (Å²) in [6.07, 6.45) is 0. The minimum absolute atomic E-state index is 0.216. The Morgan fingerprint density at radius 2 is 2.05 bits per heavy atom. The first-order chi connectivity index (χ1) is 9.36. The van der Waals surface area contributed by atoms with Crippen molar-refractivity contribution in [2.45, 2.75) is 32.9 Å². The van der Waals surface area contributed by atoms with E-state index in [0.717, 1.165) is 11.5 Å². The summed E-state index contributed by atoms with van der Waals surface area (Å²) in [6, 6.07) is 0. The van der Waals surface area contributed by atoms with E-state index in [9.17, 15) is 9.59 Å². The lowest BCUT2D eigenvalue weighted by molar-refractivity contribution is -0.156. The molecule has 0 saturated carbocycles. The minimum atomic E-state index is -0.747. The zero-order valence-electron chi connectivity index (χ0n) is 12.7. The highest BCUT2D eigenvalue weighted by molar-refractivity contribution is 8.06. The Morgan fingerprint density at radius 1 is 1.35 bits per heavy atom. The number of hydrogen-bond donors (Lipinski definition) is 1. The first-order valence-corrected chi connectivity index (χ1v) is 9.20. The van der Waals surface area contributed by atoms with Gasteiger partial charge in [0.05, 0.1) is 6.61 Å². The molecule has 1 fully saturated rings. The number of thioether (sulfide) groups is 2. The lowest BCUT2D eigenvalue weighted by Gasteiger charge is -2.29. The van der Waals surface area contributed by atoms with Gasteiger partial charge in [-0.25, -0.2) is 0 Å². The van der Waals surface area contributed by atoms with Crippen molar-refractivity contribution in [3.8, 4) is 0 Å². The van der Waals surface area contributed by atoms with E-state index in [1.165, 1.54) is 5.75 Å². The number of rotatable bonds is 5. The molecule has 0 aromatic heterocycles. The van der Waals surface area contributed by atoms with Crippen molar-refractivity contribution < 1.29 is 14.3 Å². The van der Waals surface area contributed by atoms with Crippen LogP contribution < -0.4 is 5.32 Å². The van der Waals surface area contributed by atoms with Crippen molar-refractivity contribution in [1.82, 2.24) is 5.32 Å². The molecule has 116 valence electrons. The van der Waals surface area contributed by atoms with Crippen LogP contribution in [0.3, 0.4) is 0 Å². The van der Waals surface area contributed by atoms with Gasteiger partial charge in [0.25, 0.3) is 0 Å². The third-order valence-electron chi connectivity index (χ3n) is 3.04. The quantitative estimate of drug-likeness (QED) is 0.622. The van der Waals surface area contributed by atoms with E-state index in [-0.39, 0.29) is 5.91 Å². The summed E-state index contributed by atoms with van der Waals surface area (Å²) in [4.78, 5) is 24.3. The van der Waals surface area contributed by atoms with Gasteiger partial charge in [-0.05, 0) is 12.3 Å². The molecule has 0 bridgehead atoms. The van der Waals surface area contributed by atoms with E-state index in [4.69, 9.17) is 4.74 Å². The zero-order valence-corrected chi connectivity index (χ0v) is 14.4. The van der Waals surface area contributed by atoms with E-state index >= 15 is 0 Å². The van der Waals surface area contributed by atoms with Gasteiger partial charge in [0, 0.05) is 29.1 Å². The Hall–Kier alpha value is -0.360. The molecule has 4 nitrogen and oxygen atoms in total. The lowest BCUT2D eigenvalue weighted by atomic mass is 9.80. The monoisotopic (exact) mass is 319 g/mol. The van der Waals surface area contributed by atoms with Gasteiger partial charge in [-0.2, -0.15) is 23.5 Å². The van der Waals surface area contributed by atoms with E-state index in [1.807, 2.05) is 44.3 Å². The molecule has 1 rings (SSSR count). The average molecular weight is 319 g/mol. The summed E-state index contributed by atoms with van der Waals surface area (Å²) in [5, 5.41) is 3.37. The van der Waals surface area contributed by atoms with E-state index in [1.54, 1.807) is 6.92 Å². The number of carbonyl (C=O) groups is 2. The van der Waals surface area contributed by atoms with Crippen LogP contribution in [0.1, 0.15) is 27.7 Å². The van der Waals surface area contributed by atoms with Crippen molar-refractivity contribution in [1.29, 1.82) is 0 Å². The predicted octanol–water partition coefficient (Wildman–Crippen LogP) is 2.18. The first-order valence-electron chi connectivity index (χ1n) is 7.00. The Bertz CT molecular complexity index is 336. The number of hydrogen-bond acceptors (Lipinski definition) is 5. The molecular formula is C14H25NO3S2. The largest absolute Gasteiger partial charge is 0.465 e. The van der Waals surface area contributed by atoms with Gasteiger partial charge in [-0.1, -0.05) is 20.8 Å². The molecule has 1 saturated heterocycles. The standard InChI is InChI=1S/C14H25NO3S2/c1-5-18-13(17)11(14(2,3)4)12(16)15-8-10-9-19-6-7-20-10/h10-11H,5-9H2,1-4H3,(H,15,16). The Kier molecular flexibility index (Phi) is 7.23. The molecule has 1 aliphatic heterocycles. The van der Waals surface area contributed by atoms with Crippen LogP contribution in [0.25, 0.3) is 0 Å². The topological polar surface area (TPSA) is 55.4 Å². The number of carbonyl (C=O) groups excluding carboxylic acids is 2. The Morgan fingerprint density at radius 3 is 2.55 bits per heavy atom. The maximum Gasteiger partial charge on any atom is 0.319 e. The zero-order chi connectivity index (χ0) is 15.2. The van der Waals surface area contributed by atoms with Gasteiger partial charge in [0.15, 0.2) is 0 Å². The number of amides is 1. The predicted molar refractivity (Wildman–Crippen MR) is 86.2 cm³/mol. The second-order valence-electron chi connectivity index (χ2n) is 5.86. The molecule has 0 spiro atoms. The molecule has 1 N–H and O–H groups in total. The molecule has 2 unspecified atom stereocenters. The summed E-state index contributed by atoms with van der Waals surface area (Å²) in [7, 11) is 0. The molecule has 20 heavy (non-hydrogen) atoms. The Balaban J connectivity index is 2.56. The van der Waals surface area contributed by atoms with Gasteiger partial charge in [0.1, 0.15) is 5.92 Å². The fourth-order valence-corrected chi connectivity index (χ4v) is 4.66. The average Bonchev–Trinajstić information content (AvgIpc) is 2.36. The van der Waals surface area contributed by atoms with Crippen LogP contribution in [0.2, 0.25) is 0 Å². The van der Waals surface area contributed by atoms with E-state index in [2.05, 4.69) is 5.32 Å². The van der Waals surface area contributed by atoms with Crippen molar-refractivity contribution in [3.63, 3.8) is 0 Å². The number of nitrogens with one attached hydrogen (secondary N) is 1. The van der Waals surface area contributed by atoms with Gasteiger partial charge < -0.3 is 10.1 Å². The highest BCUT2D eigenvalue weighted by Crippen LogP contribution is 2.28. The third kappa shape index (κ3) is 5.56. The fraction of sp³-hybridized carbons (Fsp3) is 0.857. The van der Waals surface area contributed by atoms with Crippen LogP contribution in [0, 0.1) is 11.3 Å². The van der Waals surface area contributed by atoms with Crippen LogP contribution in [0.15, 0.2) is 0 Å². The molecular weight excluding hydrogens is 294 g/mol. The number of esters is 1. The van der Waals surface area contributed by atoms with Gasteiger partial charge in [0.2, 0.25) is 5.91 Å². The van der Waals surface area contributed by atoms with Crippen LogP contribution in [0.5, 0.6) is 0 Å². The van der Waals surface area contributed by atoms with Crippen LogP contribution in [0.4, 0.5) is 0 Å². The second-order valence-corrected chi connectivity index (χ2v) is 8.42. The van der Waals surface area contributed by atoms with Crippen LogP contribution >= 0.6 is 23.5 Å². The smallest absolute Gasteiger partial charge is 0.319 e. The normalized spacial score (nSPS) is 21.1. The maximum absolute atomic E-state index is 12.3. The van der Waals surface area contributed by atoms with E-state index in [0.29, 0.717) is 18.4 Å². The molecule has 0 aromatic carbocycles. The molecule has 1 heterocycles. The van der Waals surface area contributed by atoms with E-state index < -0.39 is 17.3 Å². The summed E-state index contributed by atoms with van der Waals surface area (Å²) in [5.41, 5.74) is -0.440. The molecule has 6 heteroatoms. The highest BCUT2D eigenvalue weighted by Gasteiger charge is 2.38. The van der Waals surface area contributed by atoms with Crippen molar-refractivity contribution >= 4 is 35.4 Å². The third-order valence-corrected chi connectivity index (χ3v) is 5.88. The maximum atomic E-state index is 12.3. The molecule has 1 aliphatic rings. The summed E-state index contributed by atoms with van der Waals surface area (Å²) in [6.45, 7) is 8.35. The highest BCUT2D eigenvalue weighted by atomic mass is 32.2. The van der Waals surface area contributed by atoms with Crippen LogP contribution in [-0.4, -0.2) is 47.5 Å². The lowest BCUT2D eigenvalue weighted by Crippen LogP contribution is -2.45. The minimum Gasteiger partial charge on any atom is -0.465 e. The second kappa shape index (κ2) is 8.17. The Labute approximate surface area is 130 Å². The van der Waals surface area contributed by atoms with Gasteiger partial charge in [-0.15, -0.1) is 0 Å². The number of ether oxygens (including phenoxy) is 1. The fourth-order valence-electron chi connectivity index (χ4n) is 2.05. The van der Waals surface area contributed by atoms with Crippen LogP contribution in [-0.2, 0) is 14.3 Å². The van der Waals surface area contributed by atoms with Crippen molar-refractivity contribution in [2.24, 2.45) is 11.3 Å². The summed E-state index contributed by atoms with van der Waals surface area (Å²) in [5.74, 6) is 1.98.